The highest BCUT2D eigenvalue weighted by Gasteiger charge is 2.58. The molecule has 0 bridgehead atoms. The number of nitrogens with one attached hydrogen (secondary N) is 2. The molecule has 1 aliphatic carbocycles. The highest BCUT2D eigenvalue weighted by Crippen LogP contribution is 2.30. The van der Waals surface area contributed by atoms with Crippen molar-refractivity contribution in [2.75, 3.05) is 19.6 Å². The van der Waals surface area contributed by atoms with Crippen LogP contribution in [0.2, 0.25) is 0 Å². The Morgan fingerprint density at radius 3 is 2.29 bits per heavy atom. The monoisotopic (exact) mass is 311 g/mol. The number of carbonyl (C=O) groups is 2. The maximum absolute atomic E-state index is 12.7. The highest BCUT2D eigenvalue weighted by atomic mass is 19.4. The van der Waals surface area contributed by atoms with Crippen molar-refractivity contribution in [2.45, 2.75) is 44.4 Å². The topological polar surface area (TPSA) is 81.7 Å². The summed E-state index contributed by atoms with van der Waals surface area (Å²) in [5.74, 6) is -2.15. The van der Waals surface area contributed by atoms with Gasteiger partial charge < -0.3 is 15.7 Å². The molecule has 0 aromatic rings. The Hall–Kier alpha value is -1.51. The van der Waals surface area contributed by atoms with Gasteiger partial charge in [-0.2, -0.15) is 13.2 Å². The molecule has 1 unspecified atom stereocenters. The minimum atomic E-state index is -5.08. The third kappa shape index (κ3) is 4.48. The molecule has 0 aromatic heterocycles. The highest BCUT2D eigenvalue weighted by molar-refractivity contribution is 5.86. The van der Waals surface area contributed by atoms with E-state index in [1.54, 1.807) is 0 Å². The van der Waals surface area contributed by atoms with Crippen LogP contribution in [-0.2, 0) is 4.79 Å². The number of carboxylic acid groups (broad SMARTS) is 1. The number of alkyl halides is 3. The molecule has 0 aromatic carbocycles. The van der Waals surface area contributed by atoms with Crippen LogP contribution in [0.4, 0.5) is 18.0 Å². The Morgan fingerprint density at radius 1 is 1.33 bits per heavy atom. The van der Waals surface area contributed by atoms with E-state index in [1.807, 2.05) is 6.92 Å². The van der Waals surface area contributed by atoms with Crippen LogP contribution in [0.3, 0.4) is 0 Å². The lowest BCUT2D eigenvalue weighted by molar-refractivity contribution is -0.203. The molecule has 6 nitrogen and oxygen atoms in total. The van der Waals surface area contributed by atoms with Gasteiger partial charge in [0.15, 0.2) is 0 Å². The van der Waals surface area contributed by atoms with Crippen molar-refractivity contribution < 1.29 is 27.9 Å². The average molecular weight is 311 g/mol. The minimum Gasteiger partial charge on any atom is -0.479 e. The van der Waals surface area contributed by atoms with Gasteiger partial charge in [0.25, 0.3) is 0 Å². The smallest absolute Gasteiger partial charge is 0.422 e. The lowest BCUT2D eigenvalue weighted by Crippen LogP contribution is -2.63. The van der Waals surface area contributed by atoms with Crippen molar-refractivity contribution in [1.29, 1.82) is 0 Å². The number of nitrogens with zero attached hydrogens (tertiary/aromatic N) is 1. The maximum Gasteiger partial charge on any atom is 0.422 e. The molecule has 122 valence electrons. The summed E-state index contributed by atoms with van der Waals surface area (Å²) in [5.41, 5.74) is -3.31. The zero-order valence-corrected chi connectivity index (χ0v) is 12.0. The van der Waals surface area contributed by atoms with Gasteiger partial charge >= 0.3 is 18.2 Å². The molecule has 1 aliphatic rings. The summed E-state index contributed by atoms with van der Waals surface area (Å²) in [6, 6.07) is -0.664. The van der Waals surface area contributed by atoms with Crippen LogP contribution >= 0.6 is 0 Å². The number of urea groups is 1. The number of hydrogen-bond donors (Lipinski definition) is 3. The number of amides is 2. The van der Waals surface area contributed by atoms with Crippen LogP contribution in [-0.4, -0.2) is 59.4 Å². The fraction of sp³-hybridized carbons (Fsp3) is 0.833. The van der Waals surface area contributed by atoms with Crippen molar-refractivity contribution in [3.05, 3.63) is 0 Å². The molecule has 0 aliphatic heterocycles. The van der Waals surface area contributed by atoms with Gasteiger partial charge in [0.1, 0.15) is 0 Å². The number of carbonyl (C=O) groups excluding carboxylic acids is 1. The molecule has 0 heterocycles. The predicted molar refractivity (Wildman–Crippen MR) is 68.9 cm³/mol. The zero-order valence-electron chi connectivity index (χ0n) is 12.0. The standard InChI is InChI=1S/C12H20F3N3O3/c1-3-18(8-4-5-8)7-6-16-10(21)17-11(2,9(19)20)12(13,14)15/h8H,3-7H2,1-2H3,(H,19,20)(H2,16,17,21). The number of halogens is 3. The number of carboxylic acids is 1. The van der Waals surface area contributed by atoms with Crippen molar-refractivity contribution in [1.82, 2.24) is 15.5 Å². The molecule has 1 rings (SSSR count). The van der Waals surface area contributed by atoms with Crippen LogP contribution in [0.1, 0.15) is 26.7 Å². The summed E-state index contributed by atoms with van der Waals surface area (Å²) in [7, 11) is 0. The van der Waals surface area contributed by atoms with Gasteiger partial charge in [0.2, 0.25) is 5.54 Å². The first-order valence-electron chi connectivity index (χ1n) is 6.72. The third-order valence-corrected chi connectivity index (χ3v) is 3.51. The van der Waals surface area contributed by atoms with Gasteiger partial charge in [-0.05, 0) is 26.3 Å². The molecule has 2 amide bonds. The first-order chi connectivity index (χ1) is 9.61. The lowest BCUT2D eigenvalue weighted by atomic mass is 10.0. The van der Waals surface area contributed by atoms with Crippen LogP contribution in [0.25, 0.3) is 0 Å². The van der Waals surface area contributed by atoms with E-state index in [-0.39, 0.29) is 6.54 Å². The summed E-state index contributed by atoms with van der Waals surface area (Å²) >= 11 is 0. The summed E-state index contributed by atoms with van der Waals surface area (Å²) in [5, 5.41) is 12.4. The fourth-order valence-corrected chi connectivity index (χ4v) is 1.87. The average Bonchev–Trinajstić information content (AvgIpc) is 3.17. The Bertz CT molecular complexity index is 399. The van der Waals surface area contributed by atoms with Crippen molar-refractivity contribution in [3.63, 3.8) is 0 Å². The second-order valence-electron chi connectivity index (χ2n) is 5.17. The first-order valence-corrected chi connectivity index (χ1v) is 6.72. The minimum absolute atomic E-state index is 0.156. The summed E-state index contributed by atoms with van der Waals surface area (Å²) in [4.78, 5) is 24.3. The van der Waals surface area contributed by atoms with Crippen molar-refractivity contribution in [3.8, 4) is 0 Å². The normalized spacial score (nSPS) is 18.2. The first kappa shape index (κ1) is 17.5. The Labute approximate surface area is 120 Å². The van der Waals surface area contributed by atoms with E-state index < -0.39 is 23.7 Å². The Kier molecular flexibility index (Phi) is 5.43. The number of rotatable bonds is 7. The van der Waals surface area contributed by atoms with E-state index in [1.165, 1.54) is 5.32 Å². The van der Waals surface area contributed by atoms with Crippen molar-refractivity contribution in [2.24, 2.45) is 0 Å². The van der Waals surface area contributed by atoms with E-state index in [2.05, 4.69) is 10.2 Å². The predicted octanol–water partition coefficient (Wildman–Crippen LogP) is 1.18. The maximum atomic E-state index is 12.7. The van der Waals surface area contributed by atoms with Crippen molar-refractivity contribution >= 4 is 12.0 Å². The van der Waals surface area contributed by atoms with E-state index in [4.69, 9.17) is 5.11 Å². The zero-order chi connectivity index (χ0) is 16.3. The number of likely N-dealkylation sites (N-methyl/N-ethyl adjacent to an activating group) is 1. The molecule has 21 heavy (non-hydrogen) atoms. The van der Waals surface area contributed by atoms with Gasteiger partial charge in [0, 0.05) is 19.1 Å². The molecule has 1 fully saturated rings. The lowest BCUT2D eigenvalue weighted by Gasteiger charge is -2.28. The SMILES string of the molecule is CCN(CCNC(=O)NC(C)(C(=O)O)C(F)(F)F)C1CC1. The van der Waals surface area contributed by atoms with Gasteiger partial charge in [0.05, 0.1) is 0 Å². The van der Waals surface area contributed by atoms with E-state index >= 15 is 0 Å². The number of aliphatic carboxylic acids is 1. The molecular weight excluding hydrogens is 291 g/mol. The second kappa shape index (κ2) is 6.50. The van der Waals surface area contributed by atoms with Crippen LogP contribution in [0, 0.1) is 0 Å². The molecule has 1 atom stereocenters. The molecule has 3 N–H and O–H groups in total. The quantitative estimate of drug-likeness (QED) is 0.659. The summed E-state index contributed by atoms with van der Waals surface area (Å²) in [6.45, 7) is 3.85. The molecule has 0 spiro atoms. The fourth-order valence-electron chi connectivity index (χ4n) is 1.87. The molecule has 0 saturated heterocycles. The van der Waals surface area contributed by atoms with E-state index in [0.717, 1.165) is 19.4 Å². The molecule has 1 saturated carbocycles. The van der Waals surface area contributed by atoms with Crippen LogP contribution in [0.15, 0.2) is 0 Å². The Morgan fingerprint density at radius 2 is 1.90 bits per heavy atom. The third-order valence-electron chi connectivity index (χ3n) is 3.51. The van der Waals surface area contributed by atoms with Crippen LogP contribution in [0.5, 0.6) is 0 Å². The van der Waals surface area contributed by atoms with Gasteiger partial charge in [-0.1, -0.05) is 6.92 Å². The van der Waals surface area contributed by atoms with E-state index in [0.29, 0.717) is 19.5 Å². The Balaban J connectivity index is 2.46. The second-order valence-corrected chi connectivity index (χ2v) is 5.17. The summed E-state index contributed by atoms with van der Waals surface area (Å²) in [6.07, 6.45) is -2.91. The van der Waals surface area contributed by atoms with Crippen LogP contribution < -0.4 is 10.6 Å². The van der Waals surface area contributed by atoms with Gasteiger partial charge in [-0.15, -0.1) is 0 Å². The van der Waals surface area contributed by atoms with Gasteiger partial charge in [-0.25, -0.2) is 9.59 Å². The van der Waals surface area contributed by atoms with E-state index in [9.17, 15) is 22.8 Å². The summed E-state index contributed by atoms with van der Waals surface area (Å²) < 4.78 is 38.1. The van der Waals surface area contributed by atoms with Gasteiger partial charge in [-0.3, -0.25) is 4.90 Å². The molecule has 9 heteroatoms. The number of hydrogen-bond acceptors (Lipinski definition) is 3. The largest absolute Gasteiger partial charge is 0.479 e. The molecule has 0 radical (unpaired) electrons. The molecular formula is C12H20F3N3O3.